The number of carbonyl (C=O) groups excluding carboxylic acids is 1. The number of nitrogens with zero attached hydrogens (tertiary/aromatic N) is 4. The molecule has 164 valence electrons. The molecule has 0 spiro atoms. The minimum absolute atomic E-state index is 0.0259. The van der Waals surface area contributed by atoms with Gasteiger partial charge in [-0.05, 0) is 55.8 Å². The maximum absolute atomic E-state index is 11.8. The van der Waals surface area contributed by atoms with Crippen molar-refractivity contribution >= 4 is 34.8 Å². The van der Waals surface area contributed by atoms with Crippen LogP contribution in [0.5, 0.6) is 5.75 Å². The summed E-state index contributed by atoms with van der Waals surface area (Å²) in [6, 6.07) is 17.6. The first kappa shape index (κ1) is 20.8. The van der Waals surface area contributed by atoms with E-state index in [-0.39, 0.29) is 12.5 Å². The number of rotatable bonds is 4. The molecule has 0 atom stereocenters. The van der Waals surface area contributed by atoms with Crippen molar-refractivity contribution in [1.82, 2.24) is 9.66 Å². The Hall–Kier alpha value is -4.04. The number of thiazole rings is 1. The van der Waals surface area contributed by atoms with Crippen LogP contribution in [0.15, 0.2) is 76.3 Å². The van der Waals surface area contributed by atoms with E-state index in [1.165, 1.54) is 16.9 Å². The fourth-order valence-electron chi connectivity index (χ4n) is 3.53. The van der Waals surface area contributed by atoms with Crippen LogP contribution in [0.25, 0.3) is 11.3 Å². The van der Waals surface area contributed by atoms with Crippen molar-refractivity contribution in [2.24, 2.45) is 10.1 Å². The summed E-state index contributed by atoms with van der Waals surface area (Å²) in [7, 11) is 0. The zero-order chi connectivity index (χ0) is 22.8. The van der Waals surface area contributed by atoms with Gasteiger partial charge < -0.3 is 10.1 Å². The molecule has 3 heterocycles. The highest BCUT2D eigenvalue weighted by atomic mass is 32.1. The number of amides is 1. The van der Waals surface area contributed by atoms with Crippen LogP contribution >= 0.6 is 11.3 Å². The Bertz CT molecular complexity index is 1440. The van der Waals surface area contributed by atoms with Gasteiger partial charge in [0.25, 0.3) is 5.91 Å². The van der Waals surface area contributed by atoms with E-state index < -0.39 is 0 Å². The monoisotopic (exact) mass is 455 g/mol. The summed E-state index contributed by atoms with van der Waals surface area (Å²) in [5.41, 5.74) is 6.29. The molecule has 7 nitrogen and oxygen atoms in total. The molecule has 0 saturated carbocycles. The van der Waals surface area contributed by atoms with Gasteiger partial charge in [0.2, 0.25) is 4.80 Å². The third-order valence-electron chi connectivity index (χ3n) is 5.16. The summed E-state index contributed by atoms with van der Waals surface area (Å²) in [5.74, 6) is 0.480. The summed E-state index contributed by atoms with van der Waals surface area (Å²) in [4.78, 5) is 21.7. The zero-order valence-electron chi connectivity index (χ0n) is 18.1. The van der Waals surface area contributed by atoms with E-state index in [1.54, 1.807) is 17.1 Å². The van der Waals surface area contributed by atoms with Gasteiger partial charge in [-0.3, -0.25) is 9.78 Å². The minimum Gasteiger partial charge on any atom is -0.482 e. The van der Waals surface area contributed by atoms with Gasteiger partial charge in [-0.1, -0.05) is 23.8 Å². The topological polar surface area (TPSA) is 80.9 Å². The second kappa shape index (κ2) is 8.84. The molecule has 0 saturated heterocycles. The number of hydrogen-bond donors (Lipinski definition) is 1. The molecular weight excluding hydrogens is 434 g/mol. The van der Waals surface area contributed by atoms with Gasteiger partial charge in [-0.15, -0.1) is 11.3 Å². The molecule has 0 bridgehead atoms. The van der Waals surface area contributed by atoms with Gasteiger partial charge in [0.05, 0.1) is 29.0 Å². The predicted molar refractivity (Wildman–Crippen MR) is 130 cm³/mol. The third-order valence-corrected chi connectivity index (χ3v) is 5.97. The van der Waals surface area contributed by atoms with Crippen LogP contribution in [0.4, 0.5) is 11.4 Å². The molecule has 5 rings (SSSR count). The Morgan fingerprint density at radius 1 is 1.15 bits per heavy atom. The van der Waals surface area contributed by atoms with Crippen LogP contribution in [0.3, 0.4) is 0 Å². The van der Waals surface area contributed by atoms with E-state index >= 15 is 0 Å². The maximum Gasteiger partial charge on any atom is 0.262 e. The van der Waals surface area contributed by atoms with Gasteiger partial charge in [0, 0.05) is 17.1 Å². The number of ether oxygens (including phenoxy) is 1. The van der Waals surface area contributed by atoms with E-state index in [2.05, 4.69) is 23.3 Å². The number of aryl methyl sites for hydroxylation is 2. The van der Waals surface area contributed by atoms with Crippen LogP contribution in [0.2, 0.25) is 0 Å². The quantitative estimate of drug-likeness (QED) is 0.454. The van der Waals surface area contributed by atoms with Crippen molar-refractivity contribution in [2.45, 2.75) is 13.8 Å². The van der Waals surface area contributed by atoms with E-state index in [4.69, 9.17) is 14.8 Å². The van der Waals surface area contributed by atoms with Crippen LogP contribution in [-0.2, 0) is 4.79 Å². The van der Waals surface area contributed by atoms with E-state index in [0.29, 0.717) is 11.4 Å². The molecule has 1 N–H and O–H groups in total. The first-order valence-electron chi connectivity index (χ1n) is 10.4. The van der Waals surface area contributed by atoms with Crippen LogP contribution in [-0.4, -0.2) is 28.4 Å². The number of aromatic nitrogens is 2. The summed E-state index contributed by atoms with van der Waals surface area (Å²) in [6.45, 7) is 4.14. The van der Waals surface area contributed by atoms with Gasteiger partial charge in [0.1, 0.15) is 5.75 Å². The maximum atomic E-state index is 11.8. The predicted octanol–water partition coefficient (Wildman–Crippen LogP) is 4.67. The molecule has 0 fully saturated rings. The van der Waals surface area contributed by atoms with Crippen molar-refractivity contribution < 1.29 is 9.53 Å². The number of pyridine rings is 1. The molecule has 0 unspecified atom stereocenters. The van der Waals surface area contributed by atoms with Crippen LogP contribution < -0.4 is 14.9 Å². The highest BCUT2D eigenvalue weighted by Crippen LogP contribution is 2.33. The van der Waals surface area contributed by atoms with Gasteiger partial charge in [-0.2, -0.15) is 5.10 Å². The van der Waals surface area contributed by atoms with E-state index in [0.717, 1.165) is 33.0 Å². The lowest BCUT2D eigenvalue weighted by Crippen LogP contribution is -2.25. The average Bonchev–Trinajstić information content (AvgIpc) is 3.22. The van der Waals surface area contributed by atoms with Crippen LogP contribution in [0.1, 0.15) is 16.8 Å². The number of anilines is 1. The van der Waals surface area contributed by atoms with Crippen molar-refractivity contribution in [3.05, 3.63) is 87.8 Å². The second-order valence-corrected chi connectivity index (χ2v) is 8.50. The van der Waals surface area contributed by atoms with Crippen molar-refractivity contribution in [2.75, 3.05) is 11.9 Å². The van der Waals surface area contributed by atoms with Crippen molar-refractivity contribution in [3.63, 3.8) is 0 Å². The Morgan fingerprint density at radius 3 is 2.88 bits per heavy atom. The first-order valence-corrected chi connectivity index (χ1v) is 11.3. The SMILES string of the molecule is Cc1ccc(N=c2scc(-c3ccc4c(c3)NC(=O)CO4)n2N=Cc2ccccn2)c(C)c1. The summed E-state index contributed by atoms with van der Waals surface area (Å²) < 4.78 is 7.29. The Kier molecular flexibility index (Phi) is 5.58. The molecule has 2 aromatic heterocycles. The van der Waals surface area contributed by atoms with Gasteiger partial charge in [0.15, 0.2) is 6.61 Å². The number of carbonyl (C=O) groups is 1. The fraction of sp³-hybridized carbons (Fsp3) is 0.120. The Balaban J connectivity index is 1.64. The van der Waals surface area contributed by atoms with Gasteiger partial charge in [-0.25, -0.2) is 9.67 Å². The van der Waals surface area contributed by atoms with Gasteiger partial charge >= 0.3 is 0 Å². The Labute approximate surface area is 194 Å². The summed E-state index contributed by atoms with van der Waals surface area (Å²) in [5, 5.41) is 9.58. The molecule has 1 aliphatic heterocycles. The molecule has 4 aromatic rings. The molecule has 1 amide bonds. The standard InChI is InChI=1S/C25H21N5O2S/c1-16-6-8-20(17(2)11-16)29-25-30(27-13-19-5-3-4-10-26-19)22(15-33-25)18-7-9-23-21(12-18)28-24(31)14-32-23/h3-13,15H,14H2,1-2H3,(H,28,31). The normalized spacial score (nSPS) is 13.6. The Morgan fingerprint density at radius 2 is 2.06 bits per heavy atom. The minimum atomic E-state index is -0.170. The smallest absolute Gasteiger partial charge is 0.262 e. The molecule has 0 aliphatic carbocycles. The molecule has 8 heteroatoms. The fourth-order valence-corrected chi connectivity index (χ4v) is 4.38. The van der Waals surface area contributed by atoms with Crippen molar-refractivity contribution in [1.29, 1.82) is 0 Å². The number of benzene rings is 2. The lowest BCUT2D eigenvalue weighted by molar-refractivity contribution is -0.118. The lowest BCUT2D eigenvalue weighted by atomic mass is 10.1. The molecular formula is C25H21N5O2S. The van der Waals surface area contributed by atoms with E-state index in [9.17, 15) is 4.79 Å². The highest BCUT2D eigenvalue weighted by molar-refractivity contribution is 7.07. The number of fused-ring (bicyclic) bond motifs is 1. The number of nitrogens with one attached hydrogen (secondary N) is 1. The molecule has 33 heavy (non-hydrogen) atoms. The molecule has 0 radical (unpaired) electrons. The van der Waals surface area contributed by atoms with Crippen molar-refractivity contribution in [3.8, 4) is 17.0 Å². The highest BCUT2D eigenvalue weighted by Gasteiger charge is 2.18. The number of hydrogen-bond acceptors (Lipinski definition) is 6. The lowest BCUT2D eigenvalue weighted by Gasteiger charge is -2.18. The summed E-state index contributed by atoms with van der Waals surface area (Å²) in [6.07, 6.45) is 3.44. The second-order valence-electron chi connectivity index (χ2n) is 7.66. The third kappa shape index (κ3) is 4.47. The first-order chi connectivity index (χ1) is 16.1. The van der Waals surface area contributed by atoms with E-state index in [1.807, 2.05) is 60.8 Å². The largest absolute Gasteiger partial charge is 0.482 e. The summed E-state index contributed by atoms with van der Waals surface area (Å²) >= 11 is 1.50. The average molecular weight is 456 g/mol. The van der Waals surface area contributed by atoms with Crippen LogP contribution in [0, 0.1) is 13.8 Å². The zero-order valence-corrected chi connectivity index (χ0v) is 19.0. The molecule has 2 aromatic carbocycles. The molecule has 1 aliphatic rings.